The Hall–Kier alpha value is -2.09. The Bertz CT molecular complexity index is 528. The largest absolute Gasteiger partial charge is 0.416 e. The van der Waals surface area contributed by atoms with Crippen molar-refractivity contribution in [3.8, 4) is 0 Å². The minimum Gasteiger partial charge on any atom is -0.346 e. The average Bonchev–Trinajstić information content (AvgIpc) is 2.38. The fourth-order valence-corrected chi connectivity index (χ4v) is 2.08. The number of carbonyl (C=O) groups is 2. The first-order chi connectivity index (χ1) is 9.84. The molecule has 114 valence electrons. The highest BCUT2D eigenvalue weighted by molar-refractivity contribution is 5.91. The molecule has 0 saturated carbocycles. The minimum atomic E-state index is -4.39. The maximum Gasteiger partial charge on any atom is 0.416 e. The number of hydrogen-bond donors (Lipinski definition) is 3. The van der Waals surface area contributed by atoms with E-state index in [-0.39, 0.29) is 24.9 Å². The van der Waals surface area contributed by atoms with Gasteiger partial charge in [0, 0.05) is 5.69 Å². The molecule has 0 bridgehead atoms. The zero-order valence-corrected chi connectivity index (χ0v) is 11.1. The molecular weight excluding hydrogens is 287 g/mol. The van der Waals surface area contributed by atoms with Crippen LogP contribution in [0.1, 0.15) is 5.56 Å². The summed E-state index contributed by atoms with van der Waals surface area (Å²) in [4.78, 5) is 23.8. The normalized spacial score (nSPS) is 19.0. The summed E-state index contributed by atoms with van der Waals surface area (Å²) in [6.07, 6.45) is -4.39. The molecule has 0 radical (unpaired) electrons. The molecule has 1 aromatic carbocycles. The van der Waals surface area contributed by atoms with Crippen LogP contribution in [0.15, 0.2) is 24.3 Å². The fourth-order valence-electron chi connectivity index (χ4n) is 2.08. The second kappa shape index (κ2) is 6.13. The maximum absolute atomic E-state index is 12.4. The summed E-state index contributed by atoms with van der Waals surface area (Å²) < 4.78 is 37.2. The Labute approximate surface area is 119 Å². The lowest BCUT2D eigenvalue weighted by Crippen LogP contribution is -3.16. The molecule has 0 aliphatic carbocycles. The van der Waals surface area contributed by atoms with Crippen molar-refractivity contribution in [1.82, 2.24) is 5.32 Å². The number of benzene rings is 1. The summed E-state index contributed by atoms with van der Waals surface area (Å²) >= 11 is 0. The van der Waals surface area contributed by atoms with Crippen molar-refractivity contribution >= 4 is 17.5 Å². The smallest absolute Gasteiger partial charge is 0.346 e. The summed E-state index contributed by atoms with van der Waals surface area (Å²) in [6.45, 7) is 1.49. The Morgan fingerprint density at radius 1 is 1.29 bits per heavy atom. The van der Waals surface area contributed by atoms with Crippen molar-refractivity contribution in [2.45, 2.75) is 6.18 Å². The predicted molar refractivity (Wildman–Crippen MR) is 68.6 cm³/mol. The molecule has 2 amide bonds. The number of halogens is 3. The Morgan fingerprint density at radius 2 is 1.95 bits per heavy atom. The van der Waals surface area contributed by atoms with Gasteiger partial charge in [-0.25, -0.2) is 0 Å². The van der Waals surface area contributed by atoms with Gasteiger partial charge in [0.1, 0.15) is 0 Å². The number of quaternary nitrogens is 1. The topological polar surface area (TPSA) is 62.6 Å². The minimum absolute atomic E-state index is 0.106. The highest BCUT2D eigenvalue weighted by Crippen LogP contribution is 2.29. The van der Waals surface area contributed by atoms with Gasteiger partial charge in [-0.15, -0.1) is 0 Å². The molecule has 0 spiro atoms. The Kier molecular flexibility index (Phi) is 4.46. The van der Waals surface area contributed by atoms with Crippen molar-refractivity contribution < 1.29 is 27.7 Å². The van der Waals surface area contributed by atoms with Gasteiger partial charge in [0.15, 0.2) is 13.1 Å². The molecule has 1 aromatic rings. The molecule has 1 fully saturated rings. The first-order valence-electron chi connectivity index (χ1n) is 6.42. The van der Waals surface area contributed by atoms with E-state index < -0.39 is 11.7 Å². The SMILES string of the molecule is O=C1C[NH+](CC(=O)Nc2ccc(C(F)(F)F)cc2)CCN1. The number of piperazine rings is 1. The summed E-state index contributed by atoms with van der Waals surface area (Å²) in [5, 5.41) is 5.18. The molecular formula is C13H15F3N3O2+. The van der Waals surface area contributed by atoms with E-state index in [1.165, 1.54) is 12.1 Å². The lowest BCUT2D eigenvalue weighted by atomic mass is 10.2. The Balaban J connectivity index is 1.89. The molecule has 1 aliphatic rings. The molecule has 8 heteroatoms. The summed E-state index contributed by atoms with van der Waals surface area (Å²) in [7, 11) is 0. The van der Waals surface area contributed by atoms with E-state index in [0.717, 1.165) is 17.0 Å². The van der Waals surface area contributed by atoms with Crippen LogP contribution in [-0.4, -0.2) is 38.0 Å². The number of anilines is 1. The van der Waals surface area contributed by atoms with Crippen LogP contribution in [0.25, 0.3) is 0 Å². The van der Waals surface area contributed by atoms with Crippen molar-refractivity contribution in [3.05, 3.63) is 29.8 Å². The van der Waals surface area contributed by atoms with Crippen molar-refractivity contribution in [1.29, 1.82) is 0 Å². The van der Waals surface area contributed by atoms with Crippen LogP contribution in [0.2, 0.25) is 0 Å². The number of rotatable bonds is 3. The Morgan fingerprint density at radius 3 is 2.52 bits per heavy atom. The quantitative estimate of drug-likeness (QED) is 0.715. The van der Waals surface area contributed by atoms with Crippen LogP contribution in [0.3, 0.4) is 0 Å². The number of carbonyl (C=O) groups excluding carboxylic acids is 2. The van der Waals surface area contributed by atoms with Crippen LogP contribution in [0, 0.1) is 0 Å². The first-order valence-corrected chi connectivity index (χ1v) is 6.42. The van der Waals surface area contributed by atoms with Crippen LogP contribution >= 0.6 is 0 Å². The van der Waals surface area contributed by atoms with E-state index in [9.17, 15) is 22.8 Å². The molecule has 1 aliphatic heterocycles. The van der Waals surface area contributed by atoms with Crippen LogP contribution < -0.4 is 15.5 Å². The highest BCUT2D eigenvalue weighted by Gasteiger charge is 2.30. The molecule has 0 aromatic heterocycles. The summed E-state index contributed by atoms with van der Waals surface area (Å²) in [5.74, 6) is -0.446. The van der Waals surface area contributed by atoms with E-state index in [0.29, 0.717) is 18.8 Å². The highest BCUT2D eigenvalue weighted by atomic mass is 19.4. The van der Waals surface area contributed by atoms with Gasteiger partial charge in [-0.1, -0.05) is 0 Å². The number of alkyl halides is 3. The van der Waals surface area contributed by atoms with Crippen LogP contribution in [-0.2, 0) is 15.8 Å². The average molecular weight is 302 g/mol. The third kappa shape index (κ3) is 4.45. The van der Waals surface area contributed by atoms with Gasteiger partial charge in [0.2, 0.25) is 0 Å². The van der Waals surface area contributed by atoms with E-state index in [2.05, 4.69) is 10.6 Å². The van der Waals surface area contributed by atoms with Crippen molar-refractivity contribution in [2.24, 2.45) is 0 Å². The molecule has 5 nitrogen and oxygen atoms in total. The second-order valence-electron chi connectivity index (χ2n) is 4.83. The van der Waals surface area contributed by atoms with E-state index >= 15 is 0 Å². The number of nitrogens with one attached hydrogen (secondary N) is 3. The third-order valence-corrected chi connectivity index (χ3v) is 3.12. The third-order valence-electron chi connectivity index (χ3n) is 3.12. The van der Waals surface area contributed by atoms with Gasteiger partial charge in [0.05, 0.1) is 18.7 Å². The van der Waals surface area contributed by atoms with Gasteiger partial charge in [-0.3, -0.25) is 9.59 Å². The number of amides is 2. The van der Waals surface area contributed by atoms with Gasteiger partial charge >= 0.3 is 6.18 Å². The zero-order chi connectivity index (χ0) is 15.5. The van der Waals surface area contributed by atoms with Gasteiger partial charge in [-0.05, 0) is 24.3 Å². The lowest BCUT2D eigenvalue weighted by molar-refractivity contribution is -0.885. The van der Waals surface area contributed by atoms with Crippen LogP contribution in [0.5, 0.6) is 0 Å². The zero-order valence-electron chi connectivity index (χ0n) is 11.1. The molecule has 2 rings (SSSR count). The first kappa shape index (κ1) is 15.3. The summed E-state index contributed by atoms with van der Waals surface area (Å²) in [6, 6.07) is 4.24. The second-order valence-corrected chi connectivity index (χ2v) is 4.83. The van der Waals surface area contributed by atoms with E-state index in [1.54, 1.807) is 0 Å². The van der Waals surface area contributed by atoms with Crippen molar-refractivity contribution in [3.63, 3.8) is 0 Å². The van der Waals surface area contributed by atoms with Crippen LogP contribution in [0.4, 0.5) is 18.9 Å². The number of hydrogen-bond acceptors (Lipinski definition) is 2. The fraction of sp³-hybridized carbons (Fsp3) is 0.385. The van der Waals surface area contributed by atoms with E-state index in [4.69, 9.17) is 0 Å². The maximum atomic E-state index is 12.4. The van der Waals surface area contributed by atoms with Gasteiger partial charge in [0.25, 0.3) is 11.8 Å². The molecule has 1 unspecified atom stereocenters. The van der Waals surface area contributed by atoms with Crippen molar-refractivity contribution in [2.75, 3.05) is 31.5 Å². The predicted octanol–water partition coefficient (Wildman–Crippen LogP) is -0.341. The summed E-state index contributed by atoms with van der Waals surface area (Å²) in [5.41, 5.74) is -0.465. The standard InChI is InChI=1S/C13H14F3N3O2/c14-13(15,16)9-1-3-10(4-2-9)18-12(21)8-19-6-5-17-11(20)7-19/h1-4H,5-8H2,(H,17,20)(H,18,21)/p+1. The molecule has 21 heavy (non-hydrogen) atoms. The molecule has 1 heterocycles. The monoisotopic (exact) mass is 302 g/mol. The van der Waals surface area contributed by atoms with Gasteiger partial charge in [-0.2, -0.15) is 13.2 Å². The van der Waals surface area contributed by atoms with Gasteiger partial charge < -0.3 is 15.5 Å². The molecule has 3 N–H and O–H groups in total. The molecule has 1 saturated heterocycles. The molecule has 1 atom stereocenters. The van der Waals surface area contributed by atoms with E-state index in [1.807, 2.05) is 0 Å². The lowest BCUT2D eigenvalue weighted by Gasteiger charge is -2.22.